The van der Waals surface area contributed by atoms with Crippen LogP contribution in [0.5, 0.6) is 0 Å². The number of fused-ring (bicyclic) bond motifs is 1. The van der Waals surface area contributed by atoms with Crippen LogP contribution in [0.3, 0.4) is 0 Å². The number of aromatic amines is 1. The van der Waals surface area contributed by atoms with Crippen molar-refractivity contribution in [2.45, 2.75) is 11.8 Å². The van der Waals surface area contributed by atoms with Crippen LogP contribution in [-0.2, 0) is 10.0 Å². The molecule has 0 radical (unpaired) electrons. The number of ketones is 1. The fourth-order valence-corrected chi connectivity index (χ4v) is 4.20. The highest BCUT2D eigenvalue weighted by atomic mass is 35.5. The number of benzene rings is 1. The third-order valence-corrected chi connectivity index (χ3v) is 6.24. The van der Waals surface area contributed by atoms with Crippen LogP contribution in [0.4, 0.5) is 5.69 Å². The van der Waals surface area contributed by atoms with E-state index in [1.165, 1.54) is 30.7 Å². The number of halogens is 2. The molecule has 8 nitrogen and oxygen atoms in total. The molecule has 0 aliphatic carbocycles. The first-order chi connectivity index (χ1) is 15.2. The molecule has 3 aromatic heterocycles. The highest BCUT2D eigenvalue weighted by molar-refractivity contribution is 7.92. The lowest BCUT2D eigenvalue weighted by atomic mass is 10.1. The van der Waals surface area contributed by atoms with Crippen LogP contribution >= 0.6 is 23.2 Å². The standard InChI is InChI=1S/C19H13Cl2N5O3S/c1-10-6-15(26-30(28,29)11-2-3-13(20)14(21)7-11)17(23-8-10)18(27)16-12-4-5-22-19(12)25-9-24-16/h2-9,26H,1H3,(H,22,24,25)/i1D2. The van der Waals surface area contributed by atoms with E-state index in [9.17, 15) is 13.2 Å². The number of nitrogens with zero attached hydrogens (tertiary/aromatic N) is 3. The molecule has 2 N–H and O–H groups in total. The van der Waals surface area contributed by atoms with Gasteiger partial charge in [-0.15, -0.1) is 0 Å². The lowest BCUT2D eigenvalue weighted by Gasteiger charge is -2.13. The lowest BCUT2D eigenvalue weighted by molar-refractivity contribution is 0.103. The van der Waals surface area contributed by atoms with E-state index in [2.05, 4.69) is 24.7 Å². The summed E-state index contributed by atoms with van der Waals surface area (Å²) in [6.07, 6.45) is 3.96. The number of aromatic nitrogens is 4. The molecule has 0 aliphatic heterocycles. The van der Waals surface area contributed by atoms with Crippen LogP contribution in [0.2, 0.25) is 10.0 Å². The molecule has 4 rings (SSSR count). The summed E-state index contributed by atoms with van der Waals surface area (Å²) in [5.74, 6) is -0.665. The quantitative estimate of drug-likeness (QED) is 0.431. The molecule has 0 fully saturated rings. The van der Waals surface area contributed by atoms with Crippen LogP contribution in [0.1, 0.15) is 24.5 Å². The Labute approximate surface area is 184 Å². The summed E-state index contributed by atoms with van der Waals surface area (Å²) in [5, 5.41) is 0.641. The van der Waals surface area contributed by atoms with Gasteiger partial charge in [-0.3, -0.25) is 14.5 Å². The Bertz CT molecular complexity index is 1460. The first-order valence-corrected chi connectivity index (χ1v) is 10.6. The van der Waals surface area contributed by atoms with Crippen molar-refractivity contribution in [1.82, 2.24) is 19.9 Å². The van der Waals surface area contributed by atoms with Crippen molar-refractivity contribution in [1.29, 1.82) is 0 Å². The minimum Gasteiger partial charge on any atom is -0.346 e. The monoisotopic (exact) mass is 463 g/mol. The van der Waals surface area contributed by atoms with Crippen molar-refractivity contribution in [3.05, 3.63) is 76.0 Å². The van der Waals surface area contributed by atoms with Crippen LogP contribution in [0.25, 0.3) is 11.0 Å². The summed E-state index contributed by atoms with van der Waals surface area (Å²) in [7, 11) is -4.21. The average Bonchev–Trinajstić information content (AvgIpc) is 3.23. The van der Waals surface area contributed by atoms with E-state index >= 15 is 0 Å². The minimum atomic E-state index is -4.21. The number of pyridine rings is 1. The second-order valence-corrected chi connectivity index (χ2v) is 8.63. The first kappa shape index (κ1) is 17.8. The van der Waals surface area contributed by atoms with Crippen molar-refractivity contribution in [3.8, 4) is 0 Å². The molecule has 1 aromatic carbocycles. The van der Waals surface area contributed by atoms with Crippen molar-refractivity contribution < 1.29 is 16.0 Å². The number of hydrogen-bond acceptors (Lipinski definition) is 6. The van der Waals surface area contributed by atoms with Gasteiger partial charge in [0.15, 0.2) is 0 Å². The van der Waals surface area contributed by atoms with E-state index < -0.39 is 22.7 Å². The van der Waals surface area contributed by atoms with Gasteiger partial charge in [0.1, 0.15) is 23.4 Å². The maximum absolute atomic E-state index is 13.2. The van der Waals surface area contributed by atoms with Crippen molar-refractivity contribution >= 4 is 55.7 Å². The van der Waals surface area contributed by atoms with E-state index in [0.717, 1.165) is 6.07 Å². The molecule has 0 bridgehead atoms. The second-order valence-electron chi connectivity index (χ2n) is 6.14. The molecular formula is C19H13Cl2N5O3S. The molecule has 3 heterocycles. The molecule has 4 aromatic rings. The molecular weight excluding hydrogens is 449 g/mol. The molecule has 0 atom stereocenters. The lowest BCUT2D eigenvalue weighted by Crippen LogP contribution is -2.18. The molecule has 11 heteroatoms. The van der Waals surface area contributed by atoms with Crippen LogP contribution < -0.4 is 4.72 Å². The van der Waals surface area contributed by atoms with Gasteiger partial charge in [-0.25, -0.2) is 18.4 Å². The zero-order valence-corrected chi connectivity index (χ0v) is 17.3. The largest absolute Gasteiger partial charge is 0.346 e. The van der Waals surface area contributed by atoms with Gasteiger partial charge >= 0.3 is 0 Å². The number of aryl methyl sites for hydroxylation is 1. The van der Waals surface area contributed by atoms with Gasteiger partial charge in [0.2, 0.25) is 5.78 Å². The summed E-state index contributed by atoms with van der Waals surface area (Å²) >= 11 is 11.8. The molecule has 30 heavy (non-hydrogen) atoms. The highest BCUT2D eigenvalue weighted by Crippen LogP contribution is 2.28. The summed E-state index contributed by atoms with van der Waals surface area (Å²) in [6.45, 7) is -1.45. The molecule has 152 valence electrons. The number of carbonyl (C=O) groups is 1. The average molecular weight is 464 g/mol. The molecule has 0 unspecified atom stereocenters. The van der Waals surface area contributed by atoms with Gasteiger partial charge in [0, 0.05) is 20.5 Å². The zero-order valence-electron chi connectivity index (χ0n) is 16.9. The Hall–Kier alpha value is -3.01. The van der Waals surface area contributed by atoms with Crippen molar-refractivity contribution in [2.24, 2.45) is 0 Å². The minimum absolute atomic E-state index is 0.0137. The Morgan fingerprint density at radius 3 is 2.70 bits per heavy atom. The number of H-pyrrole nitrogens is 1. The molecule has 0 amide bonds. The van der Waals surface area contributed by atoms with Gasteiger partial charge in [-0.2, -0.15) is 0 Å². The smallest absolute Gasteiger partial charge is 0.262 e. The molecule has 0 saturated heterocycles. The topological polar surface area (TPSA) is 118 Å². The summed E-state index contributed by atoms with van der Waals surface area (Å²) in [4.78, 5) is 28.0. The summed E-state index contributed by atoms with van der Waals surface area (Å²) in [6, 6.07) is 6.57. The SMILES string of the molecule is [2H]C([2H])c1cnc(C(=O)c2ncnc3[nH]ccc23)c(NS(=O)(=O)c2ccc(Cl)c(Cl)c2)c1. The zero-order chi connectivity index (χ0) is 23.0. The Morgan fingerprint density at radius 1 is 1.10 bits per heavy atom. The molecule has 0 aliphatic rings. The Morgan fingerprint density at radius 2 is 1.93 bits per heavy atom. The van der Waals surface area contributed by atoms with Crippen molar-refractivity contribution in [3.63, 3.8) is 0 Å². The molecule has 0 spiro atoms. The third-order valence-electron chi connectivity index (χ3n) is 4.14. The normalized spacial score (nSPS) is 12.6. The number of nitrogens with one attached hydrogen (secondary N) is 2. The number of hydrogen-bond donors (Lipinski definition) is 2. The van der Waals surface area contributed by atoms with E-state index in [1.54, 1.807) is 12.3 Å². The first-order valence-electron chi connectivity index (χ1n) is 9.48. The van der Waals surface area contributed by atoms with E-state index in [1.807, 2.05) is 0 Å². The maximum atomic E-state index is 13.2. The Kier molecular flexibility index (Phi) is 4.56. The van der Waals surface area contributed by atoms with E-state index in [0.29, 0.717) is 11.0 Å². The molecule has 0 saturated carbocycles. The van der Waals surface area contributed by atoms with Crippen LogP contribution in [-0.4, -0.2) is 34.1 Å². The van der Waals surface area contributed by atoms with Crippen LogP contribution in [0, 0.1) is 6.88 Å². The van der Waals surface area contributed by atoms with Gasteiger partial charge in [-0.05, 0) is 42.8 Å². The third kappa shape index (κ3) is 3.74. The van der Waals surface area contributed by atoms with Gasteiger partial charge in [-0.1, -0.05) is 23.2 Å². The van der Waals surface area contributed by atoms with Crippen LogP contribution in [0.15, 0.2) is 53.9 Å². The second kappa shape index (κ2) is 7.67. The van der Waals surface area contributed by atoms with E-state index in [4.69, 9.17) is 25.9 Å². The fraction of sp³-hybridized carbons (Fsp3) is 0.0526. The fourth-order valence-electron chi connectivity index (χ4n) is 2.75. The number of carbonyl (C=O) groups excluding carboxylic acids is 1. The number of rotatable bonds is 5. The summed E-state index contributed by atoms with van der Waals surface area (Å²) < 4.78 is 43.4. The number of anilines is 1. The van der Waals surface area contributed by atoms with Crippen molar-refractivity contribution in [2.75, 3.05) is 4.72 Å². The Balaban J connectivity index is 1.82. The van der Waals surface area contributed by atoms with E-state index in [-0.39, 0.29) is 37.6 Å². The van der Waals surface area contributed by atoms with Gasteiger partial charge in [0.25, 0.3) is 10.0 Å². The maximum Gasteiger partial charge on any atom is 0.262 e. The highest BCUT2D eigenvalue weighted by Gasteiger charge is 2.24. The number of sulfonamides is 1. The summed E-state index contributed by atoms with van der Waals surface area (Å²) in [5.41, 5.74) is 0.0718. The van der Waals surface area contributed by atoms with Gasteiger partial charge in [0.05, 0.1) is 20.6 Å². The van der Waals surface area contributed by atoms with Gasteiger partial charge < -0.3 is 4.98 Å². The predicted molar refractivity (Wildman–Crippen MR) is 114 cm³/mol. The predicted octanol–water partition coefficient (Wildman–Crippen LogP) is 4.00.